The quantitative estimate of drug-likeness (QED) is 0.774. The summed E-state index contributed by atoms with van der Waals surface area (Å²) in [5.41, 5.74) is 10.5. The molecule has 0 aliphatic heterocycles. The number of hydrogen-bond acceptors (Lipinski definition) is 3. The van der Waals surface area contributed by atoms with E-state index in [-0.39, 0.29) is 6.04 Å². The summed E-state index contributed by atoms with van der Waals surface area (Å²) in [5.74, 6) is 0.621. The van der Waals surface area contributed by atoms with E-state index >= 15 is 0 Å². The molecule has 116 valence electrons. The minimum absolute atomic E-state index is 0.174. The van der Waals surface area contributed by atoms with Crippen LogP contribution in [0.5, 0.6) is 5.88 Å². The summed E-state index contributed by atoms with van der Waals surface area (Å²) < 4.78 is 5.76. The fraction of sp³-hybridized carbons (Fsp3) is 0.150. The number of hydrogen-bond donors (Lipinski definition) is 1. The minimum atomic E-state index is -0.174. The van der Waals surface area contributed by atoms with Gasteiger partial charge in [0.2, 0.25) is 5.88 Å². The molecule has 1 aromatic heterocycles. The lowest BCUT2D eigenvalue weighted by atomic mass is 9.99. The Morgan fingerprint density at radius 3 is 2.22 bits per heavy atom. The van der Waals surface area contributed by atoms with Crippen molar-refractivity contribution in [2.24, 2.45) is 5.73 Å². The molecular weight excluding hydrogens is 284 g/mol. The number of pyridine rings is 1. The van der Waals surface area contributed by atoms with E-state index in [0.29, 0.717) is 12.5 Å². The first kappa shape index (κ1) is 15.3. The molecule has 3 heteroatoms. The van der Waals surface area contributed by atoms with Crippen LogP contribution in [0.1, 0.15) is 28.4 Å². The van der Waals surface area contributed by atoms with Crippen LogP contribution in [0.2, 0.25) is 0 Å². The lowest BCUT2D eigenvalue weighted by Gasteiger charge is -2.15. The Kier molecular flexibility index (Phi) is 4.69. The van der Waals surface area contributed by atoms with Gasteiger partial charge in [-0.2, -0.15) is 0 Å². The molecule has 0 saturated heterocycles. The van der Waals surface area contributed by atoms with E-state index in [2.05, 4.69) is 4.98 Å². The number of ether oxygens (including phenoxy) is 1. The maximum atomic E-state index is 6.35. The SMILES string of the molecule is Cc1nc(OCc2ccccc2)ccc1[C@@H](N)c1ccccc1. The van der Waals surface area contributed by atoms with Gasteiger partial charge < -0.3 is 10.5 Å². The fourth-order valence-corrected chi connectivity index (χ4v) is 2.53. The molecule has 0 aliphatic rings. The summed E-state index contributed by atoms with van der Waals surface area (Å²) in [6.07, 6.45) is 0. The lowest BCUT2D eigenvalue weighted by Crippen LogP contribution is -2.14. The van der Waals surface area contributed by atoms with Crippen LogP contribution in [0.25, 0.3) is 0 Å². The van der Waals surface area contributed by atoms with Gasteiger partial charge in [-0.3, -0.25) is 0 Å². The topological polar surface area (TPSA) is 48.1 Å². The molecule has 2 N–H and O–H groups in total. The van der Waals surface area contributed by atoms with E-state index in [0.717, 1.165) is 22.4 Å². The molecule has 0 saturated carbocycles. The van der Waals surface area contributed by atoms with Gasteiger partial charge in [0.05, 0.1) is 6.04 Å². The third kappa shape index (κ3) is 3.76. The zero-order valence-electron chi connectivity index (χ0n) is 13.1. The number of nitrogens with two attached hydrogens (primary N) is 1. The molecule has 3 nitrogen and oxygen atoms in total. The highest BCUT2D eigenvalue weighted by molar-refractivity contribution is 5.35. The number of aromatic nitrogens is 1. The maximum Gasteiger partial charge on any atom is 0.213 e. The Bertz CT molecular complexity index is 757. The van der Waals surface area contributed by atoms with Crippen molar-refractivity contribution in [2.75, 3.05) is 0 Å². The van der Waals surface area contributed by atoms with Gasteiger partial charge in [-0.25, -0.2) is 4.98 Å². The predicted molar refractivity (Wildman–Crippen MR) is 92.2 cm³/mol. The molecular formula is C20H20N2O. The largest absolute Gasteiger partial charge is 0.473 e. The summed E-state index contributed by atoms with van der Waals surface area (Å²) in [6, 6.07) is 23.8. The van der Waals surface area contributed by atoms with Crippen LogP contribution in [0, 0.1) is 6.92 Å². The van der Waals surface area contributed by atoms with Gasteiger partial charge in [0.25, 0.3) is 0 Å². The van der Waals surface area contributed by atoms with E-state index < -0.39 is 0 Å². The molecule has 0 unspecified atom stereocenters. The third-order valence-corrected chi connectivity index (χ3v) is 3.82. The van der Waals surface area contributed by atoms with Crippen molar-refractivity contribution < 1.29 is 4.74 Å². The number of benzene rings is 2. The van der Waals surface area contributed by atoms with Crippen LogP contribution in [-0.2, 0) is 6.61 Å². The minimum Gasteiger partial charge on any atom is -0.473 e. The maximum absolute atomic E-state index is 6.35. The van der Waals surface area contributed by atoms with Crippen molar-refractivity contribution in [3.63, 3.8) is 0 Å². The second kappa shape index (κ2) is 7.07. The normalized spacial score (nSPS) is 11.9. The summed E-state index contributed by atoms with van der Waals surface area (Å²) >= 11 is 0. The smallest absolute Gasteiger partial charge is 0.213 e. The van der Waals surface area contributed by atoms with Crippen molar-refractivity contribution >= 4 is 0 Å². The molecule has 0 aliphatic carbocycles. The first-order valence-corrected chi connectivity index (χ1v) is 7.69. The van der Waals surface area contributed by atoms with Crippen LogP contribution >= 0.6 is 0 Å². The molecule has 0 fully saturated rings. The Balaban J connectivity index is 1.73. The van der Waals surface area contributed by atoms with E-state index in [1.807, 2.05) is 79.7 Å². The molecule has 1 heterocycles. The molecule has 0 radical (unpaired) electrons. The Labute approximate surface area is 136 Å². The second-order valence-electron chi connectivity index (χ2n) is 5.49. The monoisotopic (exact) mass is 304 g/mol. The molecule has 0 amide bonds. The molecule has 23 heavy (non-hydrogen) atoms. The molecule has 0 bridgehead atoms. The summed E-state index contributed by atoms with van der Waals surface area (Å²) in [7, 11) is 0. The predicted octanol–water partition coefficient (Wildman–Crippen LogP) is 4.02. The van der Waals surface area contributed by atoms with Crippen molar-refractivity contribution in [1.29, 1.82) is 0 Å². The lowest BCUT2D eigenvalue weighted by molar-refractivity contribution is 0.293. The van der Waals surface area contributed by atoms with Crippen LogP contribution in [0.3, 0.4) is 0 Å². The number of rotatable bonds is 5. The highest BCUT2D eigenvalue weighted by Crippen LogP contribution is 2.23. The average molecular weight is 304 g/mol. The molecule has 0 spiro atoms. The highest BCUT2D eigenvalue weighted by Gasteiger charge is 2.12. The average Bonchev–Trinajstić information content (AvgIpc) is 2.61. The van der Waals surface area contributed by atoms with Gasteiger partial charge in [0.15, 0.2) is 0 Å². The van der Waals surface area contributed by atoms with Crippen LogP contribution in [0.4, 0.5) is 0 Å². The first-order valence-electron chi connectivity index (χ1n) is 7.69. The van der Waals surface area contributed by atoms with Gasteiger partial charge in [-0.05, 0) is 29.7 Å². The second-order valence-corrected chi connectivity index (χ2v) is 5.49. The Hall–Kier alpha value is -2.65. The van der Waals surface area contributed by atoms with E-state index in [9.17, 15) is 0 Å². The highest BCUT2D eigenvalue weighted by atomic mass is 16.5. The van der Waals surface area contributed by atoms with Gasteiger partial charge in [0.1, 0.15) is 6.61 Å². The van der Waals surface area contributed by atoms with Crippen LogP contribution in [0.15, 0.2) is 72.8 Å². The number of nitrogens with zero attached hydrogens (tertiary/aromatic N) is 1. The zero-order valence-corrected chi connectivity index (χ0v) is 13.1. The number of aryl methyl sites for hydroxylation is 1. The summed E-state index contributed by atoms with van der Waals surface area (Å²) in [6.45, 7) is 2.48. The van der Waals surface area contributed by atoms with Gasteiger partial charge >= 0.3 is 0 Å². The third-order valence-electron chi connectivity index (χ3n) is 3.82. The van der Waals surface area contributed by atoms with Gasteiger partial charge in [-0.1, -0.05) is 60.7 Å². The first-order chi connectivity index (χ1) is 11.2. The van der Waals surface area contributed by atoms with Crippen LogP contribution < -0.4 is 10.5 Å². The zero-order chi connectivity index (χ0) is 16.1. The van der Waals surface area contributed by atoms with Crippen molar-refractivity contribution in [2.45, 2.75) is 19.6 Å². The molecule has 2 aromatic carbocycles. The molecule has 1 atom stereocenters. The van der Waals surface area contributed by atoms with Crippen molar-refractivity contribution in [3.05, 3.63) is 95.2 Å². The summed E-state index contributed by atoms with van der Waals surface area (Å²) in [4.78, 5) is 4.53. The van der Waals surface area contributed by atoms with Crippen molar-refractivity contribution in [1.82, 2.24) is 4.98 Å². The van der Waals surface area contributed by atoms with E-state index in [1.165, 1.54) is 0 Å². The van der Waals surface area contributed by atoms with Crippen LogP contribution in [-0.4, -0.2) is 4.98 Å². The van der Waals surface area contributed by atoms with Gasteiger partial charge in [-0.15, -0.1) is 0 Å². The standard InChI is InChI=1S/C20H20N2O/c1-15-18(20(21)17-10-6-3-7-11-17)12-13-19(22-15)23-14-16-8-4-2-5-9-16/h2-13,20H,14,21H2,1H3/t20-/m0/s1. The Morgan fingerprint density at radius 1 is 0.913 bits per heavy atom. The van der Waals surface area contributed by atoms with E-state index in [4.69, 9.17) is 10.5 Å². The van der Waals surface area contributed by atoms with E-state index in [1.54, 1.807) is 0 Å². The molecule has 3 aromatic rings. The van der Waals surface area contributed by atoms with Crippen molar-refractivity contribution in [3.8, 4) is 5.88 Å². The Morgan fingerprint density at radius 2 is 1.57 bits per heavy atom. The fourth-order valence-electron chi connectivity index (χ4n) is 2.53. The van der Waals surface area contributed by atoms with Gasteiger partial charge in [0, 0.05) is 11.8 Å². The molecule has 3 rings (SSSR count). The summed E-state index contributed by atoms with van der Waals surface area (Å²) in [5, 5.41) is 0.